The van der Waals surface area contributed by atoms with E-state index in [-0.39, 0.29) is 31.0 Å². The Kier molecular flexibility index (Phi) is 12.3. The summed E-state index contributed by atoms with van der Waals surface area (Å²) < 4.78 is 17.0. The molecule has 1 heterocycles. The molecule has 12 heteroatoms. The van der Waals surface area contributed by atoms with Crippen molar-refractivity contribution < 1.29 is 38.2 Å². The summed E-state index contributed by atoms with van der Waals surface area (Å²) in [6.07, 6.45) is -2.08. The molecule has 12 nitrogen and oxygen atoms in total. The molecule has 1 rings (SSSR count). The second-order valence-electron chi connectivity index (χ2n) is 14.2. The number of amides is 5. The van der Waals surface area contributed by atoms with Crippen molar-refractivity contribution in [3.05, 3.63) is 0 Å². The second-order valence-corrected chi connectivity index (χ2v) is 14.2. The minimum atomic E-state index is -1.27. The molecule has 0 spiro atoms. The molecule has 242 valence electrons. The molecule has 42 heavy (non-hydrogen) atoms. The maximum atomic E-state index is 14.0. The molecule has 0 bridgehead atoms. The van der Waals surface area contributed by atoms with E-state index in [0.29, 0.717) is 6.54 Å². The van der Waals surface area contributed by atoms with Crippen molar-refractivity contribution in [1.82, 2.24) is 20.0 Å². The standard InChI is InChI=1S/C30H54N4O8/c1-15-32(19(4)5)25(37)33-17-20(24(36)40-28(6,7)8)22(21(33)16-31-23(35)18(2)3)34(26(38)41-29(9,10)11)27(39)42-30(12,13)14/h18-22H,15-17H2,1-14H3,(H,31,35)/t20-,21+,22-/m1/s1. The fraction of sp³-hybridized carbons (Fsp3) is 0.833. The second kappa shape index (κ2) is 13.9. The number of nitrogens with zero attached hydrogens (tertiary/aromatic N) is 3. The van der Waals surface area contributed by atoms with Crippen molar-refractivity contribution in [1.29, 1.82) is 0 Å². The van der Waals surface area contributed by atoms with E-state index >= 15 is 0 Å². The number of carbonyl (C=O) groups is 5. The number of imide groups is 1. The van der Waals surface area contributed by atoms with E-state index in [9.17, 15) is 24.0 Å². The molecule has 0 aliphatic carbocycles. The van der Waals surface area contributed by atoms with Gasteiger partial charge in [0.1, 0.15) is 16.8 Å². The van der Waals surface area contributed by atoms with Gasteiger partial charge in [-0.2, -0.15) is 0 Å². The lowest BCUT2D eigenvalue weighted by molar-refractivity contribution is -0.160. The van der Waals surface area contributed by atoms with E-state index in [0.717, 1.165) is 4.90 Å². The molecule has 5 amide bonds. The topological polar surface area (TPSA) is 135 Å². The number of nitrogens with one attached hydrogen (secondary N) is 1. The Morgan fingerprint density at radius 1 is 0.810 bits per heavy atom. The Balaban J connectivity index is 3.93. The van der Waals surface area contributed by atoms with Crippen LogP contribution in [0.4, 0.5) is 14.4 Å². The number of likely N-dealkylation sites (tertiary alicyclic amines) is 1. The van der Waals surface area contributed by atoms with E-state index in [1.54, 1.807) is 81.1 Å². The van der Waals surface area contributed by atoms with Crippen molar-refractivity contribution in [2.75, 3.05) is 19.6 Å². The third-order valence-corrected chi connectivity index (χ3v) is 6.25. The molecule has 1 fully saturated rings. The van der Waals surface area contributed by atoms with Gasteiger partial charge in [-0.15, -0.1) is 0 Å². The Bertz CT molecular complexity index is 963. The molecule has 0 radical (unpaired) electrons. The van der Waals surface area contributed by atoms with Crippen LogP contribution < -0.4 is 5.32 Å². The molecule has 1 N–H and O–H groups in total. The Morgan fingerprint density at radius 3 is 1.62 bits per heavy atom. The number of hydrogen-bond donors (Lipinski definition) is 1. The molecular weight excluding hydrogens is 544 g/mol. The first-order valence-electron chi connectivity index (χ1n) is 14.7. The lowest BCUT2D eigenvalue weighted by Crippen LogP contribution is -2.60. The van der Waals surface area contributed by atoms with E-state index in [1.807, 2.05) is 20.8 Å². The van der Waals surface area contributed by atoms with Crippen molar-refractivity contribution >= 4 is 30.1 Å². The zero-order valence-corrected chi connectivity index (χ0v) is 28.1. The lowest BCUT2D eigenvalue weighted by atomic mass is 9.96. The van der Waals surface area contributed by atoms with Crippen LogP contribution in [0.5, 0.6) is 0 Å². The Hall–Kier alpha value is -3.05. The smallest absolute Gasteiger partial charge is 0.420 e. The maximum absolute atomic E-state index is 14.0. The van der Waals surface area contributed by atoms with Gasteiger partial charge in [0.05, 0.1) is 18.0 Å². The number of ether oxygens (including phenoxy) is 3. The van der Waals surface area contributed by atoms with Gasteiger partial charge >= 0.3 is 24.2 Å². The summed E-state index contributed by atoms with van der Waals surface area (Å²) in [7, 11) is 0. The summed E-state index contributed by atoms with van der Waals surface area (Å²) in [4.78, 5) is 71.7. The molecule has 1 saturated heterocycles. The van der Waals surface area contributed by atoms with Gasteiger partial charge in [-0.05, 0) is 83.1 Å². The predicted octanol–water partition coefficient (Wildman–Crippen LogP) is 4.79. The van der Waals surface area contributed by atoms with Crippen LogP contribution in [0.1, 0.15) is 96.9 Å². The van der Waals surface area contributed by atoms with Gasteiger partial charge in [0.15, 0.2) is 0 Å². The third kappa shape index (κ3) is 10.7. The normalized spacial score (nSPS) is 19.4. The average Bonchev–Trinajstić information content (AvgIpc) is 3.13. The van der Waals surface area contributed by atoms with Crippen LogP contribution in [0.25, 0.3) is 0 Å². The van der Waals surface area contributed by atoms with Gasteiger partial charge in [-0.1, -0.05) is 13.8 Å². The van der Waals surface area contributed by atoms with Gasteiger partial charge in [-0.3, -0.25) is 9.59 Å². The van der Waals surface area contributed by atoms with Crippen LogP contribution in [-0.4, -0.2) is 99.4 Å². The van der Waals surface area contributed by atoms with E-state index in [1.165, 1.54) is 4.90 Å². The van der Waals surface area contributed by atoms with Crippen LogP contribution in [0, 0.1) is 11.8 Å². The number of carbonyl (C=O) groups excluding carboxylic acids is 5. The Morgan fingerprint density at radius 2 is 1.26 bits per heavy atom. The van der Waals surface area contributed by atoms with Crippen LogP contribution in [0.15, 0.2) is 0 Å². The highest BCUT2D eigenvalue weighted by Gasteiger charge is 2.56. The number of rotatable bonds is 7. The van der Waals surface area contributed by atoms with Gasteiger partial charge in [0.25, 0.3) is 0 Å². The summed E-state index contributed by atoms with van der Waals surface area (Å²) in [5, 5.41) is 2.83. The van der Waals surface area contributed by atoms with Gasteiger partial charge in [0.2, 0.25) is 5.91 Å². The van der Waals surface area contributed by atoms with Crippen molar-refractivity contribution in [3.63, 3.8) is 0 Å². The molecule has 0 unspecified atom stereocenters. The van der Waals surface area contributed by atoms with E-state index < -0.39 is 59.0 Å². The molecule has 0 aromatic carbocycles. The first-order valence-corrected chi connectivity index (χ1v) is 14.7. The number of esters is 1. The van der Waals surface area contributed by atoms with Crippen molar-refractivity contribution in [2.24, 2.45) is 11.8 Å². The minimum absolute atomic E-state index is 0.134. The summed E-state index contributed by atoms with van der Waals surface area (Å²) in [6.45, 7) is 24.1. The molecule has 1 aliphatic rings. The monoisotopic (exact) mass is 598 g/mol. The van der Waals surface area contributed by atoms with Crippen LogP contribution in [-0.2, 0) is 23.8 Å². The first-order chi connectivity index (χ1) is 18.9. The summed E-state index contributed by atoms with van der Waals surface area (Å²) in [5.41, 5.74) is -2.88. The summed E-state index contributed by atoms with van der Waals surface area (Å²) in [5.74, 6) is -2.52. The third-order valence-electron chi connectivity index (χ3n) is 6.25. The SMILES string of the molecule is CCN(C(=O)N1C[C@@H](C(=O)OC(C)(C)C)[C@@H](N(C(=O)OC(C)(C)C)C(=O)OC(C)(C)C)[C@@H]1CNC(=O)C(C)C)C(C)C. The van der Waals surface area contributed by atoms with Gasteiger partial charge < -0.3 is 29.3 Å². The summed E-state index contributed by atoms with van der Waals surface area (Å²) in [6, 6.07) is -2.85. The van der Waals surface area contributed by atoms with Crippen molar-refractivity contribution in [2.45, 2.75) is 132 Å². The van der Waals surface area contributed by atoms with Gasteiger partial charge in [-0.25, -0.2) is 19.3 Å². The lowest BCUT2D eigenvalue weighted by Gasteiger charge is -2.38. The quantitative estimate of drug-likeness (QED) is 0.326. The molecule has 3 atom stereocenters. The zero-order valence-electron chi connectivity index (χ0n) is 28.1. The van der Waals surface area contributed by atoms with Crippen molar-refractivity contribution in [3.8, 4) is 0 Å². The highest BCUT2D eigenvalue weighted by molar-refractivity contribution is 5.91. The van der Waals surface area contributed by atoms with Crippen LogP contribution >= 0.6 is 0 Å². The predicted molar refractivity (Wildman–Crippen MR) is 159 cm³/mol. The molecular formula is C30H54N4O8. The average molecular weight is 599 g/mol. The highest BCUT2D eigenvalue weighted by Crippen LogP contribution is 2.34. The van der Waals surface area contributed by atoms with E-state index in [2.05, 4.69) is 5.32 Å². The minimum Gasteiger partial charge on any atom is -0.460 e. The summed E-state index contributed by atoms with van der Waals surface area (Å²) >= 11 is 0. The molecule has 0 aromatic rings. The number of urea groups is 1. The van der Waals surface area contributed by atoms with E-state index in [4.69, 9.17) is 14.2 Å². The zero-order chi connectivity index (χ0) is 33.0. The van der Waals surface area contributed by atoms with Gasteiger partial charge in [0, 0.05) is 31.6 Å². The van der Waals surface area contributed by atoms with Crippen LogP contribution in [0.2, 0.25) is 0 Å². The first kappa shape index (κ1) is 37.0. The number of hydrogen-bond acceptors (Lipinski definition) is 8. The highest BCUT2D eigenvalue weighted by atomic mass is 16.6. The Labute approximate surface area is 251 Å². The maximum Gasteiger partial charge on any atom is 0.420 e. The fourth-order valence-electron chi connectivity index (χ4n) is 4.54. The molecule has 0 aromatic heterocycles. The molecule has 1 aliphatic heterocycles. The van der Waals surface area contributed by atoms with Crippen LogP contribution in [0.3, 0.4) is 0 Å². The fourth-order valence-corrected chi connectivity index (χ4v) is 4.54. The largest absolute Gasteiger partial charge is 0.460 e. The molecule has 0 saturated carbocycles.